The van der Waals surface area contributed by atoms with E-state index in [9.17, 15) is 9.18 Å². The summed E-state index contributed by atoms with van der Waals surface area (Å²) in [5.74, 6) is 0.312. The number of amides is 1. The van der Waals surface area contributed by atoms with Crippen molar-refractivity contribution < 1.29 is 13.9 Å². The first kappa shape index (κ1) is 20.5. The van der Waals surface area contributed by atoms with E-state index in [2.05, 4.69) is 4.98 Å². The lowest BCUT2D eigenvalue weighted by atomic mass is 10.0. The molecule has 0 aliphatic carbocycles. The third-order valence-electron chi connectivity index (χ3n) is 4.97. The molecule has 3 rings (SSSR count). The molecule has 0 saturated carbocycles. The minimum atomic E-state index is -0.272. The standard InChI is InChI=1S/C24H25FN2O2/c1-18(21-6-4-3-5-7-21)27(17-20-10-14-23(29-2)26-16-20)24(28)15-11-19-8-12-22(25)13-9-19/h3-10,12-14,16,18H,11,15,17H2,1-2H3. The van der Waals surface area contributed by atoms with Crippen LogP contribution in [0.4, 0.5) is 4.39 Å². The Kier molecular flexibility index (Phi) is 6.95. The van der Waals surface area contributed by atoms with Crippen molar-refractivity contribution in [2.75, 3.05) is 7.11 Å². The van der Waals surface area contributed by atoms with Gasteiger partial charge in [0.15, 0.2) is 0 Å². The lowest BCUT2D eigenvalue weighted by molar-refractivity contribution is -0.134. The van der Waals surface area contributed by atoms with E-state index in [4.69, 9.17) is 4.74 Å². The maximum atomic E-state index is 13.1. The number of carbonyl (C=O) groups is 1. The van der Waals surface area contributed by atoms with E-state index in [-0.39, 0.29) is 17.8 Å². The summed E-state index contributed by atoms with van der Waals surface area (Å²) in [6, 6.07) is 19.9. The van der Waals surface area contributed by atoms with Gasteiger partial charge in [-0.2, -0.15) is 0 Å². The Morgan fingerprint density at radius 3 is 2.34 bits per heavy atom. The molecule has 0 fully saturated rings. The molecule has 1 atom stereocenters. The Morgan fingerprint density at radius 2 is 1.72 bits per heavy atom. The van der Waals surface area contributed by atoms with Gasteiger partial charge in [0, 0.05) is 25.2 Å². The minimum Gasteiger partial charge on any atom is -0.481 e. The number of carbonyl (C=O) groups excluding carboxylic acids is 1. The number of ether oxygens (including phenoxy) is 1. The second-order valence-corrected chi connectivity index (χ2v) is 6.94. The first-order chi connectivity index (χ1) is 14.1. The molecule has 29 heavy (non-hydrogen) atoms. The van der Waals surface area contributed by atoms with Crippen LogP contribution in [0.2, 0.25) is 0 Å². The van der Waals surface area contributed by atoms with Crippen LogP contribution in [0, 0.1) is 5.82 Å². The van der Waals surface area contributed by atoms with Gasteiger partial charge in [0.2, 0.25) is 11.8 Å². The number of hydrogen-bond acceptors (Lipinski definition) is 3. The van der Waals surface area contributed by atoms with Crippen LogP contribution in [-0.4, -0.2) is 22.9 Å². The van der Waals surface area contributed by atoms with Crippen LogP contribution in [0.5, 0.6) is 5.88 Å². The van der Waals surface area contributed by atoms with Crippen molar-refractivity contribution in [2.24, 2.45) is 0 Å². The highest BCUT2D eigenvalue weighted by atomic mass is 19.1. The van der Waals surface area contributed by atoms with Gasteiger partial charge in [-0.1, -0.05) is 48.5 Å². The minimum absolute atomic E-state index is 0.0431. The zero-order chi connectivity index (χ0) is 20.6. The summed E-state index contributed by atoms with van der Waals surface area (Å²) in [4.78, 5) is 19.2. The fraction of sp³-hybridized carbons (Fsp3) is 0.250. The molecule has 150 valence electrons. The Hall–Kier alpha value is -3.21. The molecule has 0 aliphatic rings. The third-order valence-corrected chi connectivity index (χ3v) is 4.97. The predicted molar refractivity (Wildman–Crippen MR) is 111 cm³/mol. The average Bonchev–Trinajstić information content (AvgIpc) is 2.77. The van der Waals surface area contributed by atoms with E-state index in [0.717, 1.165) is 16.7 Å². The van der Waals surface area contributed by atoms with Crippen LogP contribution in [0.3, 0.4) is 0 Å². The smallest absolute Gasteiger partial charge is 0.223 e. The van der Waals surface area contributed by atoms with E-state index < -0.39 is 0 Å². The third kappa shape index (κ3) is 5.64. The van der Waals surface area contributed by atoms with Crippen molar-refractivity contribution >= 4 is 5.91 Å². The molecule has 2 aromatic carbocycles. The highest BCUT2D eigenvalue weighted by Crippen LogP contribution is 2.24. The number of hydrogen-bond donors (Lipinski definition) is 0. The van der Waals surface area contributed by atoms with Crippen LogP contribution in [-0.2, 0) is 17.8 Å². The molecule has 4 nitrogen and oxygen atoms in total. The quantitative estimate of drug-likeness (QED) is 0.545. The van der Waals surface area contributed by atoms with Gasteiger partial charge in [-0.05, 0) is 42.2 Å². The first-order valence-corrected chi connectivity index (χ1v) is 9.64. The van der Waals surface area contributed by atoms with E-state index in [1.165, 1.54) is 12.1 Å². The zero-order valence-electron chi connectivity index (χ0n) is 16.7. The van der Waals surface area contributed by atoms with Crippen LogP contribution in [0.15, 0.2) is 72.9 Å². The second kappa shape index (κ2) is 9.82. The van der Waals surface area contributed by atoms with E-state index >= 15 is 0 Å². The first-order valence-electron chi connectivity index (χ1n) is 9.64. The van der Waals surface area contributed by atoms with Gasteiger partial charge in [-0.25, -0.2) is 9.37 Å². The largest absolute Gasteiger partial charge is 0.481 e. The summed E-state index contributed by atoms with van der Waals surface area (Å²) in [5, 5.41) is 0. The summed E-state index contributed by atoms with van der Waals surface area (Å²) in [6.45, 7) is 2.48. The number of aryl methyl sites for hydroxylation is 1. The number of benzene rings is 2. The van der Waals surface area contributed by atoms with E-state index in [1.807, 2.05) is 48.2 Å². The normalized spacial score (nSPS) is 11.7. The Morgan fingerprint density at radius 1 is 1.03 bits per heavy atom. The maximum absolute atomic E-state index is 13.1. The highest BCUT2D eigenvalue weighted by molar-refractivity contribution is 5.77. The fourth-order valence-electron chi connectivity index (χ4n) is 3.22. The molecule has 5 heteroatoms. The molecule has 1 unspecified atom stereocenters. The molecule has 0 saturated heterocycles. The van der Waals surface area contributed by atoms with Gasteiger partial charge in [0.1, 0.15) is 5.82 Å². The van der Waals surface area contributed by atoms with Crippen LogP contribution >= 0.6 is 0 Å². The number of aromatic nitrogens is 1. The van der Waals surface area contributed by atoms with Gasteiger partial charge >= 0.3 is 0 Å². The van der Waals surface area contributed by atoms with Gasteiger partial charge < -0.3 is 9.64 Å². The molecule has 0 bridgehead atoms. The average molecular weight is 392 g/mol. The van der Waals surface area contributed by atoms with Gasteiger partial charge in [0.25, 0.3) is 0 Å². The summed E-state index contributed by atoms with van der Waals surface area (Å²) < 4.78 is 18.2. The molecule has 1 aromatic heterocycles. The summed E-state index contributed by atoms with van der Waals surface area (Å²) in [7, 11) is 1.57. The number of halogens is 1. The molecule has 0 spiro atoms. The number of pyridine rings is 1. The number of methoxy groups -OCH3 is 1. The summed E-state index contributed by atoms with van der Waals surface area (Å²) in [6.07, 6.45) is 2.65. The van der Waals surface area contributed by atoms with Crippen molar-refractivity contribution in [3.05, 3.63) is 95.4 Å². The van der Waals surface area contributed by atoms with Crippen molar-refractivity contribution in [2.45, 2.75) is 32.4 Å². The maximum Gasteiger partial charge on any atom is 0.223 e. The van der Waals surface area contributed by atoms with Gasteiger partial charge in [-0.15, -0.1) is 0 Å². The molecule has 1 heterocycles. The Balaban J connectivity index is 1.76. The Bertz CT molecular complexity index is 912. The monoisotopic (exact) mass is 392 g/mol. The molecule has 3 aromatic rings. The lowest BCUT2D eigenvalue weighted by Crippen LogP contribution is -2.33. The predicted octanol–water partition coefficient (Wildman–Crippen LogP) is 4.95. The van der Waals surface area contributed by atoms with Gasteiger partial charge in [0.05, 0.1) is 13.2 Å². The molecule has 1 amide bonds. The second-order valence-electron chi connectivity index (χ2n) is 6.94. The number of rotatable bonds is 8. The molecule has 0 N–H and O–H groups in total. The lowest BCUT2D eigenvalue weighted by Gasteiger charge is -2.30. The van der Waals surface area contributed by atoms with Crippen molar-refractivity contribution in [3.63, 3.8) is 0 Å². The van der Waals surface area contributed by atoms with Crippen LogP contribution in [0.25, 0.3) is 0 Å². The van der Waals surface area contributed by atoms with Gasteiger partial charge in [-0.3, -0.25) is 4.79 Å². The number of nitrogens with zero attached hydrogens (tertiary/aromatic N) is 2. The van der Waals surface area contributed by atoms with Crippen molar-refractivity contribution in [1.82, 2.24) is 9.88 Å². The van der Waals surface area contributed by atoms with E-state index in [0.29, 0.717) is 25.3 Å². The summed E-state index contributed by atoms with van der Waals surface area (Å²) >= 11 is 0. The van der Waals surface area contributed by atoms with Crippen LogP contribution in [0.1, 0.15) is 36.1 Å². The molecule has 0 aliphatic heterocycles. The van der Waals surface area contributed by atoms with Crippen molar-refractivity contribution in [1.29, 1.82) is 0 Å². The SMILES string of the molecule is COc1ccc(CN(C(=O)CCc2ccc(F)cc2)C(C)c2ccccc2)cn1. The fourth-order valence-corrected chi connectivity index (χ4v) is 3.22. The molecule has 0 radical (unpaired) electrons. The highest BCUT2D eigenvalue weighted by Gasteiger charge is 2.22. The topological polar surface area (TPSA) is 42.4 Å². The van der Waals surface area contributed by atoms with Crippen LogP contribution < -0.4 is 4.74 Å². The molecular weight excluding hydrogens is 367 g/mol. The molecular formula is C24H25FN2O2. The zero-order valence-corrected chi connectivity index (χ0v) is 16.7. The van der Waals surface area contributed by atoms with E-state index in [1.54, 1.807) is 31.5 Å². The van der Waals surface area contributed by atoms with Crippen molar-refractivity contribution in [3.8, 4) is 5.88 Å². The Labute approximate surface area is 171 Å². The summed E-state index contributed by atoms with van der Waals surface area (Å²) in [5.41, 5.74) is 2.95.